The van der Waals surface area contributed by atoms with Crippen LogP contribution >= 0.6 is 15.9 Å². The number of ether oxygens (including phenoxy) is 1. The van der Waals surface area contributed by atoms with Gasteiger partial charge >= 0.3 is 5.56 Å². The maximum absolute atomic E-state index is 13.3. The van der Waals surface area contributed by atoms with Crippen molar-refractivity contribution in [2.45, 2.75) is 6.54 Å². The lowest BCUT2D eigenvalue weighted by molar-refractivity contribution is -0.357. The monoisotopic (exact) mass is 477 g/mol. The van der Waals surface area contributed by atoms with Gasteiger partial charge in [0.1, 0.15) is 5.52 Å². The highest BCUT2D eigenvalue weighted by atomic mass is 79.9. The van der Waals surface area contributed by atoms with Gasteiger partial charge in [0.25, 0.3) is 5.65 Å². The van der Waals surface area contributed by atoms with Crippen molar-refractivity contribution in [2.24, 2.45) is 5.10 Å². The van der Waals surface area contributed by atoms with E-state index in [4.69, 9.17) is 14.7 Å². The highest BCUT2D eigenvalue weighted by Crippen LogP contribution is 2.23. The molecule has 0 aliphatic heterocycles. The Morgan fingerprint density at radius 3 is 2.74 bits per heavy atom. The number of methoxy groups -OCH3 is 1. The summed E-state index contributed by atoms with van der Waals surface area (Å²) in [6, 6.07) is 15.4. The molecule has 0 bridgehead atoms. The molecule has 0 amide bonds. The predicted molar refractivity (Wildman–Crippen MR) is 122 cm³/mol. The lowest BCUT2D eigenvalue weighted by atomic mass is 10.2. The zero-order valence-electron chi connectivity index (χ0n) is 16.6. The van der Waals surface area contributed by atoms with E-state index in [2.05, 4.69) is 26.0 Å². The van der Waals surface area contributed by atoms with Crippen molar-refractivity contribution in [3.05, 3.63) is 75.2 Å². The van der Waals surface area contributed by atoms with Gasteiger partial charge in [0.15, 0.2) is 11.7 Å². The molecule has 3 aromatic heterocycles. The van der Waals surface area contributed by atoms with Crippen LogP contribution in [0.25, 0.3) is 33.2 Å². The zero-order chi connectivity index (χ0) is 21.4. The first kappa shape index (κ1) is 19.5. The van der Waals surface area contributed by atoms with Crippen LogP contribution in [0.1, 0.15) is 5.56 Å². The van der Waals surface area contributed by atoms with Crippen LogP contribution in [0.5, 0.6) is 0 Å². The third kappa shape index (κ3) is 3.51. The van der Waals surface area contributed by atoms with E-state index in [1.807, 2.05) is 48.5 Å². The number of halogens is 1. The van der Waals surface area contributed by atoms with Crippen LogP contribution in [0.3, 0.4) is 0 Å². The molecule has 0 unspecified atom stereocenters. The summed E-state index contributed by atoms with van der Waals surface area (Å²) in [7, 11) is 1.60. The van der Waals surface area contributed by atoms with Crippen molar-refractivity contribution in [1.82, 2.24) is 19.2 Å². The molecule has 8 nitrogen and oxygen atoms in total. The Kier molecular flexibility index (Phi) is 5.05. The molecular formula is C22H18BrN6O2+. The van der Waals surface area contributed by atoms with Crippen molar-refractivity contribution < 1.29 is 9.72 Å². The molecule has 0 fully saturated rings. The number of fused-ring (bicyclic) bond motifs is 4. The number of aromatic nitrogens is 5. The van der Waals surface area contributed by atoms with E-state index < -0.39 is 0 Å². The Hall–Kier alpha value is -3.43. The molecular weight excluding hydrogens is 460 g/mol. The number of nitrogens with one attached hydrogen (secondary N) is 1. The fraction of sp³-hybridized carbons (Fsp3) is 0.136. The van der Waals surface area contributed by atoms with Gasteiger partial charge in [-0.2, -0.15) is 0 Å². The lowest BCUT2D eigenvalue weighted by Crippen LogP contribution is -2.28. The zero-order valence-corrected chi connectivity index (χ0v) is 18.2. The van der Waals surface area contributed by atoms with Crippen LogP contribution in [-0.4, -0.2) is 39.1 Å². The maximum Gasteiger partial charge on any atom is 0.322 e. The summed E-state index contributed by atoms with van der Waals surface area (Å²) in [5, 5.41) is 5.08. The van der Waals surface area contributed by atoms with Crippen LogP contribution in [0.2, 0.25) is 0 Å². The van der Waals surface area contributed by atoms with E-state index in [1.165, 1.54) is 0 Å². The molecule has 0 aliphatic rings. The first-order chi connectivity index (χ1) is 15.2. The van der Waals surface area contributed by atoms with Crippen molar-refractivity contribution in [2.75, 3.05) is 13.7 Å². The highest BCUT2D eigenvalue weighted by Gasteiger charge is 2.24. The summed E-state index contributed by atoms with van der Waals surface area (Å²) >= 11 is 3.47. The van der Waals surface area contributed by atoms with Crippen molar-refractivity contribution in [3.63, 3.8) is 0 Å². The summed E-state index contributed by atoms with van der Waals surface area (Å²) in [5.74, 6) is 0. The van der Waals surface area contributed by atoms with E-state index >= 15 is 0 Å². The molecule has 2 aromatic carbocycles. The minimum absolute atomic E-state index is 0.170. The van der Waals surface area contributed by atoms with Gasteiger partial charge in [-0.15, -0.1) is 9.78 Å². The highest BCUT2D eigenvalue weighted by molar-refractivity contribution is 9.10. The summed E-state index contributed by atoms with van der Waals surface area (Å²) in [6.07, 6.45) is 3.36. The number of rotatable bonds is 5. The van der Waals surface area contributed by atoms with Gasteiger partial charge in [0, 0.05) is 11.6 Å². The molecule has 0 atom stereocenters. The second-order valence-electron chi connectivity index (χ2n) is 6.98. The van der Waals surface area contributed by atoms with Gasteiger partial charge in [-0.1, -0.05) is 40.2 Å². The third-order valence-corrected chi connectivity index (χ3v) is 5.47. The van der Waals surface area contributed by atoms with Gasteiger partial charge in [-0.25, -0.2) is 24.3 Å². The number of hydrogen-bond donors (Lipinski definition) is 0. The van der Waals surface area contributed by atoms with Crippen molar-refractivity contribution >= 4 is 55.4 Å². The number of para-hydroxylation sites is 2. The molecule has 1 N–H and O–H groups in total. The smallest absolute Gasteiger partial charge is 0.322 e. The maximum atomic E-state index is 13.3. The third-order valence-electron chi connectivity index (χ3n) is 4.98. The van der Waals surface area contributed by atoms with Crippen LogP contribution in [-0.2, 0) is 11.3 Å². The van der Waals surface area contributed by atoms with Gasteiger partial charge in [0.2, 0.25) is 5.65 Å². The predicted octanol–water partition coefficient (Wildman–Crippen LogP) is 3.00. The summed E-state index contributed by atoms with van der Waals surface area (Å²) in [4.78, 5) is 26.0. The molecule has 31 heavy (non-hydrogen) atoms. The van der Waals surface area contributed by atoms with Gasteiger partial charge < -0.3 is 4.74 Å². The normalized spacial score (nSPS) is 11.9. The van der Waals surface area contributed by atoms with Gasteiger partial charge in [-0.05, 0) is 29.8 Å². The molecule has 0 saturated carbocycles. The molecule has 5 rings (SSSR count). The summed E-state index contributed by atoms with van der Waals surface area (Å²) in [5.41, 5.74) is 3.75. The quantitative estimate of drug-likeness (QED) is 0.364. The molecule has 0 radical (unpaired) electrons. The van der Waals surface area contributed by atoms with E-state index in [1.54, 1.807) is 28.9 Å². The number of H-pyrrole nitrogens is 1. The van der Waals surface area contributed by atoms with Crippen LogP contribution in [0.4, 0.5) is 0 Å². The molecule has 154 valence electrons. The number of hydrogen-bond acceptors (Lipinski definition) is 5. The molecule has 0 spiro atoms. The standard InChI is InChI=1S/C22H17BrN6O2/c1-31-10-9-28-13-24-20-18(22(28)30)19-21(27-17-8-3-2-7-16(17)26-19)29(20)25-12-14-5-4-6-15(23)11-14/h2-8,11-13H,9-10H2,1H3/p+1/b25-12+. The van der Waals surface area contributed by atoms with E-state index in [0.717, 1.165) is 21.1 Å². The van der Waals surface area contributed by atoms with E-state index in [-0.39, 0.29) is 5.56 Å². The second kappa shape index (κ2) is 8.01. The Bertz CT molecular complexity index is 1520. The number of nitrogens with zero attached hydrogens (tertiary/aromatic N) is 5. The van der Waals surface area contributed by atoms with Crippen molar-refractivity contribution in [1.29, 1.82) is 0 Å². The largest absolute Gasteiger partial charge is 0.381 e. The molecule has 5 aromatic rings. The van der Waals surface area contributed by atoms with Gasteiger partial charge in [-0.3, -0.25) is 0 Å². The topological polar surface area (TPSA) is 88.4 Å². The summed E-state index contributed by atoms with van der Waals surface area (Å²) < 4.78 is 9.29. The molecule has 3 heterocycles. The molecule has 9 heteroatoms. The number of aromatic amines is 1. The van der Waals surface area contributed by atoms with Crippen LogP contribution in [0, 0.1) is 0 Å². The van der Waals surface area contributed by atoms with Gasteiger partial charge in [0.05, 0.1) is 30.4 Å². The Labute approximate surface area is 185 Å². The van der Waals surface area contributed by atoms with E-state index in [9.17, 15) is 4.79 Å². The SMILES string of the molecule is COCCn1c[nH+]c2c(c1=O)c1nc3ccccc3nc1n2/N=C/c1cccc(Br)c1. The lowest BCUT2D eigenvalue weighted by Gasteiger charge is -1.99. The van der Waals surface area contributed by atoms with Crippen molar-refractivity contribution in [3.8, 4) is 0 Å². The first-order valence-electron chi connectivity index (χ1n) is 9.66. The fourth-order valence-electron chi connectivity index (χ4n) is 3.49. The van der Waals surface area contributed by atoms with Crippen LogP contribution in [0.15, 0.2) is 69.2 Å². The average molecular weight is 478 g/mol. The second-order valence-corrected chi connectivity index (χ2v) is 7.90. The molecule has 0 saturated heterocycles. The Balaban J connectivity index is 1.80. The minimum Gasteiger partial charge on any atom is -0.381 e. The fourth-order valence-corrected chi connectivity index (χ4v) is 3.90. The first-order valence-corrected chi connectivity index (χ1v) is 10.5. The average Bonchev–Trinajstić information content (AvgIpc) is 3.09. The van der Waals surface area contributed by atoms with Crippen LogP contribution < -0.4 is 10.5 Å². The minimum atomic E-state index is -0.170. The van der Waals surface area contributed by atoms with E-state index in [0.29, 0.717) is 35.3 Å². The Morgan fingerprint density at radius 2 is 1.97 bits per heavy atom. The Morgan fingerprint density at radius 1 is 1.16 bits per heavy atom. The summed E-state index contributed by atoms with van der Waals surface area (Å²) in [6.45, 7) is 0.851. The number of benzene rings is 2. The molecule has 0 aliphatic carbocycles.